The summed E-state index contributed by atoms with van der Waals surface area (Å²) >= 11 is 0. The van der Waals surface area contributed by atoms with Gasteiger partial charge >= 0.3 is 0 Å². The molecule has 2 nitrogen and oxygen atoms in total. The molecule has 1 unspecified atom stereocenters. The van der Waals surface area contributed by atoms with E-state index < -0.39 is 0 Å². The lowest BCUT2D eigenvalue weighted by atomic mass is 10.0. The Hall–Kier alpha value is -1.80. The zero-order chi connectivity index (χ0) is 14.1. The van der Waals surface area contributed by atoms with Crippen molar-refractivity contribution in [3.63, 3.8) is 0 Å². The lowest BCUT2D eigenvalue weighted by molar-refractivity contribution is 0.472. The highest BCUT2D eigenvalue weighted by Crippen LogP contribution is 2.28. The molecule has 0 saturated carbocycles. The quantitative estimate of drug-likeness (QED) is 0.906. The second-order valence-electron chi connectivity index (χ2n) is 6.17. The number of piperazine rings is 1. The van der Waals surface area contributed by atoms with Gasteiger partial charge in [0, 0.05) is 31.4 Å². The van der Waals surface area contributed by atoms with Crippen LogP contribution in [0.5, 0.6) is 0 Å². The van der Waals surface area contributed by atoms with E-state index in [9.17, 15) is 0 Å². The third-order valence-corrected chi connectivity index (χ3v) is 4.82. The van der Waals surface area contributed by atoms with Crippen molar-refractivity contribution in [1.29, 1.82) is 0 Å². The number of aryl methyl sites for hydroxylation is 2. The smallest absolute Gasteiger partial charge is 0.0498 e. The molecular formula is C19H22N2. The van der Waals surface area contributed by atoms with E-state index in [0.717, 1.165) is 19.6 Å². The van der Waals surface area contributed by atoms with Crippen LogP contribution in [0.3, 0.4) is 0 Å². The molecule has 1 fully saturated rings. The summed E-state index contributed by atoms with van der Waals surface area (Å²) in [6.07, 6.45) is 3.86. The van der Waals surface area contributed by atoms with Gasteiger partial charge in [-0.1, -0.05) is 36.4 Å². The molecule has 4 rings (SSSR count). The molecule has 0 radical (unpaired) electrons. The maximum Gasteiger partial charge on any atom is 0.0498 e. The number of nitrogens with one attached hydrogen (secondary N) is 1. The lowest BCUT2D eigenvalue weighted by Crippen LogP contribution is -2.45. The van der Waals surface area contributed by atoms with Crippen LogP contribution in [-0.2, 0) is 12.8 Å². The lowest BCUT2D eigenvalue weighted by Gasteiger charge is -2.35. The van der Waals surface area contributed by atoms with Crippen molar-refractivity contribution in [2.75, 3.05) is 24.5 Å². The molecule has 2 aromatic rings. The van der Waals surface area contributed by atoms with Gasteiger partial charge in [-0.3, -0.25) is 0 Å². The van der Waals surface area contributed by atoms with Crippen LogP contribution >= 0.6 is 0 Å². The van der Waals surface area contributed by atoms with Crippen molar-refractivity contribution in [3.8, 4) is 0 Å². The van der Waals surface area contributed by atoms with Gasteiger partial charge in [-0.05, 0) is 48.1 Å². The van der Waals surface area contributed by atoms with Crippen molar-refractivity contribution in [2.45, 2.75) is 25.3 Å². The highest BCUT2D eigenvalue weighted by Gasteiger charge is 2.21. The topological polar surface area (TPSA) is 15.3 Å². The summed E-state index contributed by atoms with van der Waals surface area (Å²) < 4.78 is 0. The Morgan fingerprint density at radius 1 is 0.952 bits per heavy atom. The Morgan fingerprint density at radius 3 is 2.71 bits per heavy atom. The molecule has 108 valence electrons. The molecule has 2 aliphatic rings. The summed E-state index contributed by atoms with van der Waals surface area (Å²) in [5.41, 5.74) is 5.93. The fourth-order valence-corrected chi connectivity index (χ4v) is 3.65. The van der Waals surface area contributed by atoms with Crippen molar-refractivity contribution in [1.82, 2.24) is 5.32 Å². The molecule has 0 amide bonds. The Labute approximate surface area is 126 Å². The number of fused-ring (bicyclic) bond motifs is 1. The molecule has 0 bridgehead atoms. The number of benzene rings is 2. The van der Waals surface area contributed by atoms with Crippen molar-refractivity contribution >= 4 is 5.69 Å². The number of rotatable bonds is 2. The minimum atomic E-state index is 0.438. The van der Waals surface area contributed by atoms with E-state index in [1.54, 1.807) is 11.1 Å². The molecule has 1 aliphatic carbocycles. The van der Waals surface area contributed by atoms with Gasteiger partial charge in [0.2, 0.25) is 0 Å². The Bertz CT molecular complexity index is 621. The van der Waals surface area contributed by atoms with Crippen LogP contribution in [0.1, 0.15) is 29.2 Å². The zero-order valence-corrected chi connectivity index (χ0v) is 12.4. The molecule has 0 aromatic heterocycles. The molecule has 0 spiro atoms. The maximum absolute atomic E-state index is 3.65. The first-order chi connectivity index (χ1) is 10.4. The first-order valence-corrected chi connectivity index (χ1v) is 8.05. The predicted octanol–water partition coefficient (Wildman–Crippen LogP) is 3.33. The average molecular weight is 278 g/mol. The van der Waals surface area contributed by atoms with Gasteiger partial charge in [-0.15, -0.1) is 0 Å². The molecule has 1 saturated heterocycles. The number of hydrogen-bond donors (Lipinski definition) is 1. The number of hydrogen-bond acceptors (Lipinski definition) is 2. The molecule has 1 atom stereocenters. The Morgan fingerprint density at radius 2 is 1.81 bits per heavy atom. The Balaban J connectivity index is 1.55. The molecular weight excluding hydrogens is 256 g/mol. The normalized spacial score (nSPS) is 21.3. The van der Waals surface area contributed by atoms with E-state index in [0.29, 0.717) is 6.04 Å². The summed E-state index contributed by atoms with van der Waals surface area (Å²) in [6.45, 7) is 3.21. The van der Waals surface area contributed by atoms with Crippen molar-refractivity contribution in [3.05, 3.63) is 65.2 Å². The summed E-state index contributed by atoms with van der Waals surface area (Å²) in [5.74, 6) is 0. The summed E-state index contributed by atoms with van der Waals surface area (Å²) in [5, 5.41) is 3.65. The van der Waals surface area contributed by atoms with Gasteiger partial charge in [0.15, 0.2) is 0 Å². The highest BCUT2D eigenvalue weighted by molar-refractivity contribution is 5.53. The van der Waals surface area contributed by atoms with Crippen molar-refractivity contribution < 1.29 is 0 Å². The van der Waals surface area contributed by atoms with Gasteiger partial charge in [0.1, 0.15) is 0 Å². The molecule has 1 N–H and O–H groups in total. The van der Waals surface area contributed by atoms with Crippen LogP contribution in [0.4, 0.5) is 5.69 Å². The monoisotopic (exact) mass is 278 g/mol. The SMILES string of the molecule is c1ccc(C2CN(c3ccc4c(c3)CCC4)CCN2)cc1. The molecule has 1 aliphatic heterocycles. The van der Waals surface area contributed by atoms with Crippen LogP contribution in [0.15, 0.2) is 48.5 Å². The highest BCUT2D eigenvalue weighted by atomic mass is 15.2. The predicted molar refractivity (Wildman–Crippen MR) is 87.9 cm³/mol. The third kappa shape index (κ3) is 2.56. The van der Waals surface area contributed by atoms with Crippen molar-refractivity contribution in [2.24, 2.45) is 0 Å². The molecule has 2 heteroatoms. The van der Waals surface area contributed by atoms with Crippen LogP contribution in [-0.4, -0.2) is 19.6 Å². The van der Waals surface area contributed by atoms with Gasteiger partial charge in [0.25, 0.3) is 0 Å². The van der Waals surface area contributed by atoms with E-state index in [1.165, 1.54) is 30.5 Å². The average Bonchev–Trinajstić information content (AvgIpc) is 3.03. The molecule has 1 heterocycles. The number of anilines is 1. The summed E-state index contributed by atoms with van der Waals surface area (Å²) in [6, 6.07) is 18.3. The fourth-order valence-electron chi connectivity index (χ4n) is 3.65. The minimum Gasteiger partial charge on any atom is -0.368 e. The second-order valence-corrected chi connectivity index (χ2v) is 6.17. The van der Waals surface area contributed by atoms with Gasteiger partial charge in [-0.25, -0.2) is 0 Å². The van der Waals surface area contributed by atoms with E-state index in [4.69, 9.17) is 0 Å². The van der Waals surface area contributed by atoms with Crippen LogP contribution in [0.25, 0.3) is 0 Å². The summed E-state index contributed by atoms with van der Waals surface area (Å²) in [4.78, 5) is 2.53. The Kier molecular flexibility index (Phi) is 3.40. The first-order valence-electron chi connectivity index (χ1n) is 8.05. The third-order valence-electron chi connectivity index (χ3n) is 4.82. The summed E-state index contributed by atoms with van der Waals surface area (Å²) in [7, 11) is 0. The maximum atomic E-state index is 3.65. The largest absolute Gasteiger partial charge is 0.368 e. The van der Waals surface area contributed by atoms with Crippen LogP contribution < -0.4 is 10.2 Å². The first kappa shape index (κ1) is 12.9. The molecule has 2 aromatic carbocycles. The van der Waals surface area contributed by atoms with Gasteiger partial charge < -0.3 is 10.2 Å². The van der Waals surface area contributed by atoms with Gasteiger partial charge in [0.05, 0.1) is 0 Å². The fraction of sp³-hybridized carbons (Fsp3) is 0.368. The van der Waals surface area contributed by atoms with E-state index >= 15 is 0 Å². The van der Waals surface area contributed by atoms with Crippen LogP contribution in [0.2, 0.25) is 0 Å². The number of nitrogens with zero attached hydrogens (tertiary/aromatic N) is 1. The van der Waals surface area contributed by atoms with E-state index in [-0.39, 0.29) is 0 Å². The van der Waals surface area contributed by atoms with E-state index in [1.807, 2.05) is 0 Å². The van der Waals surface area contributed by atoms with Crippen LogP contribution in [0, 0.1) is 0 Å². The van der Waals surface area contributed by atoms with E-state index in [2.05, 4.69) is 58.7 Å². The minimum absolute atomic E-state index is 0.438. The molecule has 21 heavy (non-hydrogen) atoms. The zero-order valence-electron chi connectivity index (χ0n) is 12.4. The standard InChI is InChI=1S/C19H22N2/c1-2-5-16(6-3-1)19-14-21(12-11-20-19)18-10-9-15-7-4-8-17(15)13-18/h1-3,5-6,9-10,13,19-20H,4,7-8,11-12,14H2. The second kappa shape index (κ2) is 5.53. The van der Waals surface area contributed by atoms with Gasteiger partial charge in [-0.2, -0.15) is 0 Å².